The van der Waals surface area contributed by atoms with E-state index in [0.717, 1.165) is 35.8 Å². The van der Waals surface area contributed by atoms with Gasteiger partial charge in [0.05, 0.1) is 5.60 Å². The second-order valence-electron chi connectivity index (χ2n) is 6.16. The van der Waals surface area contributed by atoms with Crippen LogP contribution in [0.25, 0.3) is 0 Å². The Morgan fingerprint density at radius 2 is 2.11 bits per heavy atom. The van der Waals surface area contributed by atoms with Crippen LogP contribution in [0.4, 0.5) is 0 Å². The fourth-order valence-corrected chi connectivity index (χ4v) is 3.37. The summed E-state index contributed by atoms with van der Waals surface area (Å²) in [5, 5.41) is 11.6. The average Bonchev–Trinajstić information content (AvgIpc) is 2.29. The van der Waals surface area contributed by atoms with Gasteiger partial charge in [0.2, 0.25) is 0 Å². The van der Waals surface area contributed by atoms with Crippen molar-refractivity contribution in [3.05, 3.63) is 34.3 Å². The van der Waals surface area contributed by atoms with Crippen molar-refractivity contribution in [2.24, 2.45) is 11.8 Å². The molecule has 1 aromatic carbocycles. The van der Waals surface area contributed by atoms with Crippen molar-refractivity contribution in [2.45, 2.75) is 52.1 Å². The van der Waals surface area contributed by atoms with Gasteiger partial charge < -0.3 is 5.11 Å². The van der Waals surface area contributed by atoms with Crippen LogP contribution in [0, 0.1) is 18.8 Å². The first-order valence-electron chi connectivity index (χ1n) is 6.88. The van der Waals surface area contributed by atoms with Gasteiger partial charge in [0.25, 0.3) is 0 Å². The van der Waals surface area contributed by atoms with Gasteiger partial charge in [-0.05, 0) is 55.2 Å². The number of hydrogen-bond donors (Lipinski definition) is 1. The lowest BCUT2D eigenvalue weighted by atomic mass is 9.70. The molecule has 0 saturated heterocycles. The Kier molecular flexibility index (Phi) is 4.03. The highest BCUT2D eigenvalue weighted by atomic mass is 35.5. The van der Waals surface area contributed by atoms with Crippen molar-refractivity contribution >= 4 is 11.6 Å². The highest BCUT2D eigenvalue weighted by Crippen LogP contribution is 2.39. The Morgan fingerprint density at radius 3 is 2.72 bits per heavy atom. The van der Waals surface area contributed by atoms with Gasteiger partial charge in [0.15, 0.2) is 0 Å². The number of rotatable bonds is 2. The van der Waals surface area contributed by atoms with Crippen molar-refractivity contribution in [3.63, 3.8) is 0 Å². The van der Waals surface area contributed by atoms with Crippen LogP contribution in [0.1, 0.15) is 44.2 Å². The maximum atomic E-state index is 10.8. The lowest BCUT2D eigenvalue weighted by molar-refractivity contribution is -0.0522. The standard InChI is InChI=1S/C16H23ClO/c1-11-4-5-14(15(17)9-11)10-16(18)7-6-12(2)8-13(16)3/h4-5,9,12-13,18H,6-8,10H2,1-3H3. The monoisotopic (exact) mass is 266 g/mol. The second kappa shape index (κ2) is 5.22. The third kappa shape index (κ3) is 2.89. The number of aryl methyl sites for hydroxylation is 1. The van der Waals surface area contributed by atoms with Crippen LogP contribution >= 0.6 is 11.6 Å². The fourth-order valence-electron chi connectivity index (χ4n) is 3.07. The molecule has 3 unspecified atom stereocenters. The topological polar surface area (TPSA) is 20.2 Å². The average molecular weight is 267 g/mol. The summed E-state index contributed by atoms with van der Waals surface area (Å²) in [6.45, 7) is 6.47. The third-order valence-electron chi connectivity index (χ3n) is 4.45. The molecule has 100 valence electrons. The van der Waals surface area contributed by atoms with Gasteiger partial charge in [0, 0.05) is 11.4 Å². The predicted molar refractivity (Wildman–Crippen MR) is 77.0 cm³/mol. The maximum absolute atomic E-state index is 10.8. The van der Waals surface area contributed by atoms with Crippen LogP contribution in [0.3, 0.4) is 0 Å². The summed E-state index contributed by atoms with van der Waals surface area (Å²) in [4.78, 5) is 0. The molecule has 1 aliphatic carbocycles. The van der Waals surface area contributed by atoms with Gasteiger partial charge >= 0.3 is 0 Å². The molecule has 1 nitrogen and oxygen atoms in total. The van der Waals surface area contributed by atoms with Gasteiger partial charge in [-0.25, -0.2) is 0 Å². The smallest absolute Gasteiger partial charge is 0.0714 e. The van der Waals surface area contributed by atoms with Gasteiger partial charge in [-0.2, -0.15) is 0 Å². The van der Waals surface area contributed by atoms with Crippen LogP contribution in [0.5, 0.6) is 0 Å². The molecule has 0 aromatic heterocycles. The first kappa shape index (κ1) is 13.9. The van der Waals surface area contributed by atoms with E-state index in [1.807, 2.05) is 13.0 Å². The molecule has 2 rings (SSSR count). The van der Waals surface area contributed by atoms with Crippen LogP contribution in [-0.2, 0) is 6.42 Å². The van der Waals surface area contributed by atoms with Crippen LogP contribution in [0.2, 0.25) is 5.02 Å². The molecule has 1 saturated carbocycles. The highest BCUT2D eigenvalue weighted by molar-refractivity contribution is 6.31. The first-order valence-corrected chi connectivity index (χ1v) is 7.26. The van der Waals surface area contributed by atoms with E-state index in [-0.39, 0.29) is 0 Å². The Labute approximate surface area is 115 Å². The normalized spacial score (nSPS) is 32.5. The van der Waals surface area contributed by atoms with Crippen LogP contribution in [-0.4, -0.2) is 10.7 Å². The summed E-state index contributed by atoms with van der Waals surface area (Å²) >= 11 is 6.28. The fraction of sp³-hybridized carbons (Fsp3) is 0.625. The molecule has 0 amide bonds. The first-order chi connectivity index (χ1) is 8.40. The van der Waals surface area contributed by atoms with E-state index in [9.17, 15) is 5.11 Å². The highest BCUT2D eigenvalue weighted by Gasteiger charge is 2.38. The van der Waals surface area contributed by atoms with E-state index in [1.54, 1.807) is 0 Å². The van der Waals surface area contributed by atoms with Crippen molar-refractivity contribution in [2.75, 3.05) is 0 Å². The predicted octanol–water partition coefficient (Wildman–Crippen LogP) is 4.38. The van der Waals surface area contributed by atoms with Crippen molar-refractivity contribution in [1.82, 2.24) is 0 Å². The van der Waals surface area contributed by atoms with E-state index in [2.05, 4.69) is 26.0 Å². The molecule has 0 heterocycles. The molecule has 0 spiro atoms. The summed E-state index contributed by atoms with van der Waals surface area (Å²) in [5.41, 5.74) is 1.66. The summed E-state index contributed by atoms with van der Waals surface area (Å²) in [5.74, 6) is 1.08. The van der Waals surface area contributed by atoms with Crippen LogP contribution < -0.4 is 0 Å². The van der Waals surface area contributed by atoms with Crippen molar-refractivity contribution in [1.29, 1.82) is 0 Å². The van der Waals surface area contributed by atoms with Gasteiger partial charge in [-0.15, -0.1) is 0 Å². The molecular weight excluding hydrogens is 244 g/mol. The van der Waals surface area contributed by atoms with Gasteiger partial charge in [-0.1, -0.05) is 37.6 Å². The molecule has 1 fully saturated rings. The van der Waals surface area contributed by atoms with Crippen molar-refractivity contribution in [3.8, 4) is 0 Å². The molecule has 18 heavy (non-hydrogen) atoms. The Hall–Kier alpha value is -0.530. The van der Waals surface area contributed by atoms with E-state index in [0.29, 0.717) is 12.3 Å². The number of hydrogen-bond acceptors (Lipinski definition) is 1. The molecular formula is C16H23ClO. The van der Waals surface area contributed by atoms with E-state index in [4.69, 9.17) is 11.6 Å². The lowest BCUT2D eigenvalue weighted by Crippen LogP contribution is -2.43. The van der Waals surface area contributed by atoms with Gasteiger partial charge in [-0.3, -0.25) is 0 Å². The minimum Gasteiger partial charge on any atom is -0.389 e. The van der Waals surface area contributed by atoms with E-state index >= 15 is 0 Å². The zero-order valence-corrected chi connectivity index (χ0v) is 12.3. The quantitative estimate of drug-likeness (QED) is 0.842. The summed E-state index contributed by atoms with van der Waals surface area (Å²) in [6, 6.07) is 6.11. The number of halogens is 1. The minimum atomic E-state index is -0.578. The van der Waals surface area contributed by atoms with Crippen molar-refractivity contribution < 1.29 is 5.11 Å². The number of benzene rings is 1. The molecule has 0 radical (unpaired) electrons. The molecule has 0 aliphatic heterocycles. The Bertz CT molecular complexity index is 429. The Balaban J connectivity index is 2.17. The van der Waals surface area contributed by atoms with Crippen LogP contribution in [0.15, 0.2) is 18.2 Å². The van der Waals surface area contributed by atoms with Gasteiger partial charge in [0.1, 0.15) is 0 Å². The molecule has 2 heteroatoms. The Morgan fingerprint density at radius 1 is 1.39 bits per heavy atom. The molecule has 3 atom stereocenters. The molecule has 1 aromatic rings. The third-order valence-corrected chi connectivity index (χ3v) is 4.80. The lowest BCUT2D eigenvalue weighted by Gasteiger charge is -2.41. The SMILES string of the molecule is Cc1ccc(CC2(O)CCC(C)CC2C)c(Cl)c1. The largest absolute Gasteiger partial charge is 0.389 e. The molecule has 1 N–H and O–H groups in total. The molecule has 0 bridgehead atoms. The second-order valence-corrected chi connectivity index (χ2v) is 6.56. The summed E-state index contributed by atoms with van der Waals surface area (Å²) in [7, 11) is 0. The number of aliphatic hydroxyl groups is 1. The van der Waals surface area contributed by atoms with E-state index in [1.165, 1.54) is 5.56 Å². The van der Waals surface area contributed by atoms with E-state index < -0.39 is 5.60 Å². The maximum Gasteiger partial charge on any atom is 0.0714 e. The zero-order chi connectivity index (χ0) is 13.3. The molecule has 1 aliphatic rings. The zero-order valence-electron chi connectivity index (χ0n) is 11.5. The summed E-state index contributed by atoms with van der Waals surface area (Å²) in [6.07, 6.45) is 3.80. The summed E-state index contributed by atoms with van der Waals surface area (Å²) < 4.78 is 0. The minimum absolute atomic E-state index is 0.346.